The van der Waals surface area contributed by atoms with E-state index in [1.165, 1.54) is 6.42 Å². The van der Waals surface area contributed by atoms with Crippen molar-refractivity contribution in [2.75, 3.05) is 33.4 Å². The molecule has 0 aromatic rings. The molecule has 0 heterocycles. The lowest BCUT2D eigenvalue weighted by Crippen LogP contribution is -2.54. The summed E-state index contributed by atoms with van der Waals surface area (Å²) in [7, 11) is 1.93. The average molecular weight is 268 g/mol. The lowest BCUT2D eigenvalue weighted by Gasteiger charge is -2.44. The van der Waals surface area contributed by atoms with Crippen LogP contribution in [0.1, 0.15) is 32.1 Å². The zero-order valence-electron chi connectivity index (χ0n) is 10.9. The first-order valence-corrected chi connectivity index (χ1v) is 6.45. The van der Waals surface area contributed by atoms with Gasteiger partial charge in [0.15, 0.2) is 0 Å². The molecule has 0 atom stereocenters. The second-order valence-corrected chi connectivity index (χ2v) is 5.08. The van der Waals surface area contributed by atoms with E-state index in [4.69, 9.17) is 5.73 Å². The van der Waals surface area contributed by atoms with Gasteiger partial charge in [0.2, 0.25) is 0 Å². The molecule has 108 valence electrons. The second-order valence-electron chi connectivity index (χ2n) is 5.08. The van der Waals surface area contributed by atoms with Crippen molar-refractivity contribution in [1.82, 2.24) is 4.90 Å². The predicted molar refractivity (Wildman–Crippen MR) is 64.4 cm³/mol. The lowest BCUT2D eigenvalue weighted by atomic mass is 9.80. The van der Waals surface area contributed by atoms with Gasteiger partial charge in [0.1, 0.15) is 6.61 Å². The van der Waals surface area contributed by atoms with Crippen molar-refractivity contribution in [2.45, 2.75) is 43.8 Å². The Morgan fingerprint density at radius 2 is 1.83 bits per heavy atom. The van der Waals surface area contributed by atoms with Crippen molar-refractivity contribution in [2.24, 2.45) is 5.73 Å². The van der Waals surface area contributed by atoms with Crippen molar-refractivity contribution >= 4 is 0 Å². The van der Waals surface area contributed by atoms with Crippen LogP contribution < -0.4 is 5.73 Å². The van der Waals surface area contributed by atoms with Crippen molar-refractivity contribution in [3.8, 4) is 0 Å². The molecule has 0 saturated heterocycles. The summed E-state index contributed by atoms with van der Waals surface area (Å²) in [6, 6.07) is 0. The van der Waals surface area contributed by atoms with Crippen molar-refractivity contribution in [3.63, 3.8) is 0 Å². The Hall–Kier alpha value is -0.330. The minimum atomic E-state index is -4.24. The number of ether oxygens (including phenoxy) is 1. The van der Waals surface area contributed by atoms with Crippen molar-refractivity contribution in [3.05, 3.63) is 0 Å². The van der Waals surface area contributed by atoms with Gasteiger partial charge in [0, 0.05) is 18.6 Å². The van der Waals surface area contributed by atoms with Gasteiger partial charge >= 0.3 is 6.18 Å². The van der Waals surface area contributed by atoms with Gasteiger partial charge in [0.25, 0.3) is 0 Å². The summed E-state index contributed by atoms with van der Waals surface area (Å²) in [5.74, 6) is 0. The van der Waals surface area contributed by atoms with Crippen LogP contribution in [-0.2, 0) is 4.74 Å². The van der Waals surface area contributed by atoms with Crippen molar-refractivity contribution < 1.29 is 17.9 Å². The van der Waals surface area contributed by atoms with E-state index in [2.05, 4.69) is 9.64 Å². The van der Waals surface area contributed by atoms with Gasteiger partial charge in [-0.25, -0.2) is 0 Å². The minimum absolute atomic E-state index is 0.0418. The normalized spacial score (nSPS) is 20.3. The Morgan fingerprint density at radius 3 is 2.33 bits per heavy atom. The SMILES string of the molecule is CN(CCOCC(F)(F)F)C1(CN)CCCCC1. The number of hydrogen-bond acceptors (Lipinski definition) is 3. The molecule has 1 aliphatic rings. The fourth-order valence-electron chi connectivity index (χ4n) is 2.58. The summed E-state index contributed by atoms with van der Waals surface area (Å²) in [6.07, 6.45) is 1.32. The number of hydrogen-bond donors (Lipinski definition) is 1. The molecule has 0 amide bonds. The van der Waals surface area contributed by atoms with E-state index >= 15 is 0 Å². The molecule has 0 bridgehead atoms. The average Bonchev–Trinajstić information content (AvgIpc) is 2.34. The van der Waals surface area contributed by atoms with Gasteiger partial charge in [-0.2, -0.15) is 13.2 Å². The van der Waals surface area contributed by atoms with Crippen LogP contribution >= 0.6 is 0 Å². The van der Waals surface area contributed by atoms with Crippen LogP contribution in [0.25, 0.3) is 0 Å². The van der Waals surface area contributed by atoms with E-state index in [1.54, 1.807) is 0 Å². The quantitative estimate of drug-likeness (QED) is 0.750. The maximum Gasteiger partial charge on any atom is 0.411 e. The second kappa shape index (κ2) is 6.73. The van der Waals surface area contributed by atoms with Gasteiger partial charge < -0.3 is 10.5 Å². The topological polar surface area (TPSA) is 38.5 Å². The molecular formula is C12H23F3N2O. The number of nitrogens with zero attached hydrogens (tertiary/aromatic N) is 1. The van der Waals surface area contributed by atoms with Crippen LogP contribution in [0.3, 0.4) is 0 Å². The highest BCUT2D eigenvalue weighted by Gasteiger charge is 2.34. The molecule has 0 aromatic heterocycles. The summed E-state index contributed by atoms with van der Waals surface area (Å²) in [4.78, 5) is 2.07. The van der Waals surface area contributed by atoms with E-state index in [9.17, 15) is 13.2 Å². The smallest absolute Gasteiger partial charge is 0.371 e. The molecule has 2 N–H and O–H groups in total. The molecule has 1 saturated carbocycles. The molecular weight excluding hydrogens is 245 g/mol. The number of alkyl halides is 3. The van der Waals surface area contributed by atoms with E-state index < -0.39 is 12.8 Å². The maximum atomic E-state index is 11.9. The monoisotopic (exact) mass is 268 g/mol. The Labute approximate surface area is 106 Å². The largest absolute Gasteiger partial charge is 0.411 e. The molecule has 1 fully saturated rings. The number of halogens is 3. The molecule has 1 rings (SSSR count). The first kappa shape index (κ1) is 15.7. The van der Waals surface area contributed by atoms with Crippen LogP contribution in [0.2, 0.25) is 0 Å². The van der Waals surface area contributed by atoms with Gasteiger partial charge in [-0.15, -0.1) is 0 Å². The van der Waals surface area contributed by atoms with Gasteiger partial charge in [-0.3, -0.25) is 4.90 Å². The summed E-state index contributed by atoms with van der Waals surface area (Å²) >= 11 is 0. The number of rotatable bonds is 6. The van der Waals surface area contributed by atoms with Crippen LogP contribution in [0, 0.1) is 0 Å². The molecule has 0 unspecified atom stereocenters. The first-order valence-electron chi connectivity index (χ1n) is 6.45. The Bertz CT molecular complexity index is 240. The van der Waals surface area contributed by atoms with Gasteiger partial charge in [-0.1, -0.05) is 19.3 Å². The molecule has 1 aliphatic carbocycles. The van der Waals surface area contributed by atoms with E-state index in [-0.39, 0.29) is 12.1 Å². The Kier molecular flexibility index (Phi) is 5.88. The highest BCUT2D eigenvalue weighted by Crippen LogP contribution is 2.31. The fraction of sp³-hybridized carbons (Fsp3) is 1.00. The third-order valence-corrected chi connectivity index (χ3v) is 3.81. The van der Waals surface area contributed by atoms with E-state index in [1.807, 2.05) is 7.05 Å². The number of likely N-dealkylation sites (N-methyl/N-ethyl adjacent to an activating group) is 1. The van der Waals surface area contributed by atoms with Crippen LogP contribution in [0.15, 0.2) is 0 Å². The first-order chi connectivity index (χ1) is 8.40. The third kappa shape index (κ3) is 4.74. The number of nitrogens with two attached hydrogens (primary N) is 1. The minimum Gasteiger partial charge on any atom is -0.371 e. The standard InChI is InChI=1S/C12H23F3N2O/c1-17(7-8-18-10-12(13,14)15)11(9-16)5-3-2-4-6-11/h2-10,16H2,1H3. The fourth-order valence-corrected chi connectivity index (χ4v) is 2.58. The molecule has 0 spiro atoms. The highest BCUT2D eigenvalue weighted by atomic mass is 19.4. The Balaban J connectivity index is 2.31. The van der Waals surface area contributed by atoms with Gasteiger partial charge in [-0.05, 0) is 19.9 Å². The molecule has 3 nitrogen and oxygen atoms in total. The van der Waals surface area contributed by atoms with E-state index in [0.29, 0.717) is 13.1 Å². The summed E-state index contributed by atoms with van der Waals surface area (Å²) in [5.41, 5.74) is 5.81. The lowest BCUT2D eigenvalue weighted by molar-refractivity contribution is -0.175. The summed E-state index contributed by atoms with van der Waals surface area (Å²) < 4.78 is 40.4. The van der Waals surface area contributed by atoms with Gasteiger partial charge in [0.05, 0.1) is 6.61 Å². The molecule has 18 heavy (non-hydrogen) atoms. The molecule has 0 aliphatic heterocycles. The molecule has 6 heteroatoms. The van der Waals surface area contributed by atoms with Crippen LogP contribution in [0.4, 0.5) is 13.2 Å². The zero-order chi connectivity index (χ0) is 13.6. The summed E-state index contributed by atoms with van der Waals surface area (Å²) in [5, 5.41) is 0. The molecule has 0 aromatic carbocycles. The van der Waals surface area contributed by atoms with Crippen LogP contribution in [-0.4, -0.2) is 50.0 Å². The van der Waals surface area contributed by atoms with Crippen molar-refractivity contribution in [1.29, 1.82) is 0 Å². The van der Waals surface area contributed by atoms with Crippen LogP contribution in [0.5, 0.6) is 0 Å². The zero-order valence-corrected chi connectivity index (χ0v) is 10.9. The maximum absolute atomic E-state index is 11.9. The third-order valence-electron chi connectivity index (χ3n) is 3.81. The Morgan fingerprint density at radius 1 is 1.22 bits per heavy atom. The highest BCUT2D eigenvalue weighted by molar-refractivity contribution is 4.92. The predicted octanol–water partition coefficient (Wildman–Crippen LogP) is 2.16. The molecule has 0 radical (unpaired) electrons. The summed E-state index contributed by atoms with van der Waals surface area (Å²) in [6.45, 7) is -0.0235. The van der Waals surface area contributed by atoms with E-state index in [0.717, 1.165) is 25.7 Å².